The number of benzene rings is 2. The van der Waals surface area contributed by atoms with Gasteiger partial charge in [-0.05, 0) is 31.2 Å². The van der Waals surface area contributed by atoms with Crippen LogP contribution in [-0.4, -0.2) is 38.3 Å². The van der Waals surface area contributed by atoms with Crippen LogP contribution in [0.3, 0.4) is 0 Å². The largest absolute Gasteiger partial charge is 0.493 e. The molecular weight excluding hydrogens is 396 g/mol. The van der Waals surface area contributed by atoms with Crippen molar-refractivity contribution in [1.82, 2.24) is 4.98 Å². The zero-order chi connectivity index (χ0) is 21.1. The van der Waals surface area contributed by atoms with Gasteiger partial charge in [-0.2, -0.15) is 0 Å². The van der Waals surface area contributed by atoms with Crippen molar-refractivity contribution in [2.75, 3.05) is 28.4 Å². The first-order chi connectivity index (χ1) is 13.9. The highest BCUT2D eigenvalue weighted by molar-refractivity contribution is 7.15. The average Bonchev–Trinajstić information content (AvgIpc) is 3.13. The minimum atomic E-state index is -0.463. The van der Waals surface area contributed by atoms with Crippen molar-refractivity contribution in [3.63, 3.8) is 0 Å². The van der Waals surface area contributed by atoms with Crippen LogP contribution in [0.5, 0.6) is 23.0 Å². The Labute approximate surface area is 171 Å². The molecule has 1 heterocycles. The van der Waals surface area contributed by atoms with E-state index in [0.717, 1.165) is 15.4 Å². The maximum atomic E-state index is 11.4. The molecule has 0 unspecified atom stereocenters. The molecule has 0 aliphatic rings. The number of aromatic nitrogens is 1. The lowest BCUT2D eigenvalue weighted by Gasteiger charge is -2.14. The zero-order valence-electron chi connectivity index (χ0n) is 16.6. The first kappa shape index (κ1) is 20.4. The first-order valence-corrected chi connectivity index (χ1v) is 9.35. The van der Waals surface area contributed by atoms with E-state index in [1.807, 2.05) is 6.92 Å². The highest BCUT2D eigenvalue weighted by Gasteiger charge is 2.22. The van der Waals surface area contributed by atoms with Gasteiger partial charge in [0.1, 0.15) is 0 Å². The third kappa shape index (κ3) is 3.81. The van der Waals surface area contributed by atoms with Crippen molar-refractivity contribution in [2.45, 2.75) is 6.92 Å². The van der Waals surface area contributed by atoms with Gasteiger partial charge in [0.05, 0.1) is 48.9 Å². The maximum Gasteiger partial charge on any atom is 0.311 e. The van der Waals surface area contributed by atoms with E-state index in [1.165, 1.54) is 31.6 Å². The quantitative estimate of drug-likeness (QED) is 0.406. The van der Waals surface area contributed by atoms with Gasteiger partial charge in [-0.1, -0.05) is 0 Å². The van der Waals surface area contributed by atoms with Crippen molar-refractivity contribution >= 4 is 17.0 Å². The molecule has 9 heteroatoms. The second-order valence-corrected chi connectivity index (χ2v) is 7.17. The van der Waals surface area contributed by atoms with Gasteiger partial charge in [-0.25, -0.2) is 4.98 Å². The first-order valence-electron chi connectivity index (χ1n) is 8.54. The van der Waals surface area contributed by atoms with Crippen LogP contribution in [0, 0.1) is 17.0 Å². The molecule has 0 N–H and O–H groups in total. The molecule has 0 saturated carbocycles. The smallest absolute Gasteiger partial charge is 0.311 e. The predicted octanol–water partition coefficient (Wildman–Crippen LogP) is 4.73. The van der Waals surface area contributed by atoms with Crippen LogP contribution in [0.4, 0.5) is 5.69 Å². The third-order valence-electron chi connectivity index (χ3n) is 4.31. The van der Waals surface area contributed by atoms with E-state index >= 15 is 0 Å². The minimum Gasteiger partial charge on any atom is -0.493 e. The van der Waals surface area contributed by atoms with E-state index in [9.17, 15) is 10.1 Å². The molecule has 0 atom stereocenters. The SMILES string of the molecule is COc1ccc(-c2sc(C)nc2-c2cc(OC)c(OC)c(OC)c2)cc1[N+](=O)[O-]. The van der Waals surface area contributed by atoms with Crippen molar-refractivity contribution in [2.24, 2.45) is 0 Å². The Hall–Kier alpha value is -3.33. The van der Waals surface area contributed by atoms with Crippen LogP contribution in [0.15, 0.2) is 30.3 Å². The number of aryl methyl sites for hydroxylation is 1. The van der Waals surface area contributed by atoms with Gasteiger partial charge >= 0.3 is 5.69 Å². The topological polar surface area (TPSA) is 93.0 Å². The molecule has 0 aliphatic carbocycles. The lowest BCUT2D eigenvalue weighted by molar-refractivity contribution is -0.385. The van der Waals surface area contributed by atoms with Gasteiger partial charge in [0.25, 0.3) is 0 Å². The minimum absolute atomic E-state index is 0.105. The van der Waals surface area contributed by atoms with Crippen molar-refractivity contribution in [3.05, 3.63) is 45.5 Å². The fourth-order valence-corrected chi connectivity index (χ4v) is 3.95. The van der Waals surface area contributed by atoms with Crippen molar-refractivity contribution in [1.29, 1.82) is 0 Å². The molecule has 1 aromatic heterocycles. The van der Waals surface area contributed by atoms with Gasteiger partial charge in [0, 0.05) is 17.2 Å². The summed E-state index contributed by atoms with van der Waals surface area (Å²) >= 11 is 1.45. The Morgan fingerprint density at radius 1 is 0.897 bits per heavy atom. The molecule has 0 fully saturated rings. The number of thiazole rings is 1. The number of nitro groups is 1. The molecule has 3 rings (SSSR count). The normalized spacial score (nSPS) is 10.5. The van der Waals surface area contributed by atoms with Crippen LogP contribution in [-0.2, 0) is 0 Å². The Bertz CT molecular complexity index is 1040. The summed E-state index contributed by atoms with van der Waals surface area (Å²) in [5.41, 5.74) is 1.99. The van der Waals surface area contributed by atoms with Gasteiger partial charge in [0.15, 0.2) is 17.2 Å². The van der Waals surface area contributed by atoms with Crippen molar-refractivity contribution in [3.8, 4) is 44.7 Å². The number of hydrogen-bond acceptors (Lipinski definition) is 8. The van der Waals surface area contributed by atoms with Crippen LogP contribution in [0.25, 0.3) is 21.7 Å². The van der Waals surface area contributed by atoms with Gasteiger partial charge in [-0.15, -0.1) is 11.3 Å². The van der Waals surface area contributed by atoms with Gasteiger partial charge < -0.3 is 18.9 Å². The summed E-state index contributed by atoms with van der Waals surface area (Å²) in [7, 11) is 6.03. The molecular formula is C20H20N2O6S. The van der Waals surface area contributed by atoms with Gasteiger partial charge in [-0.3, -0.25) is 10.1 Å². The third-order valence-corrected chi connectivity index (χ3v) is 5.33. The average molecular weight is 416 g/mol. The summed E-state index contributed by atoms with van der Waals surface area (Å²) in [4.78, 5) is 16.4. The summed E-state index contributed by atoms with van der Waals surface area (Å²) in [5.74, 6) is 1.68. The fraction of sp³-hybridized carbons (Fsp3) is 0.250. The second kappa shape index (κ2) is 8.36. The summed E-state index contributed by atoms with van der Waals surface area (Å²) in [6.07, 6.45) is 0. The Kier molecular flexibility index (Phi) is 5.88. The summed E-state index contributed by atoms with van der Waals surface area (Å²) in [5, 5.41) is 12.2. The number of nitrogens with zero attached hydrogens (tertiary/aromatic N) is 2. The van der Waals surface area contributed by atoms with E-state index in [2.05, 4.69) is 4.98 Å². The molecule has 2 aromatic carbocycles. The maximum absolute atomic E-state index is 11.4. The Morgan fingerprint density at radius 3 is 2.03 bits per heavy atom. The molecule has 152 valence electrons. The van der Waals surface area contributed by atoms with E-state index in [1.54, 1.807) is 38.5 Å². The van der Waals surface area contributed by atoms with Crippen LogP contribution in [0.1, 0.15) is 5.01 Å². The molecule has 0 bridgehead atoms. The molecule has 29 heavy (non-hydrogen) atoms. The van der Waals surface area contributed by atoms with Crippen LogP contribution < -0.4 is 18.9 Å². The monoisotopic (exact) mass is 416 g/mol. The van der Waals surface area contributed by atoms with E-state index in [-0.39, 0.29) is 11.4 Å². The fourth-order valence-electron chi connectivity index (χ4n) is 3.01. The number of nitro benzene ring substituents is 1. The highest BCUT2D eigenvalue weighted by Crippen LogP contribution is 2.45. The molecule has 0 amide bonds. The van der Waals surface area contributed by atoms with Crippen molar-refractivity contribution < 1.29 is 23.9 Å². The summed E-state index contributed by atoms with van der Waals surface area (Å²) < 4.78 is 21.4. The molecule has 3 aromatic rings. The number of hydrogen-bond donors (Lipinski definition) is 0. The summed E-state index contributed by atoms with van der Waals surface area (Å²) in [6.45, 7) is 1.88. The molecule has 0 radical (unpaired) electrons. The predicted molar refractivity (Wildman–Crippen MR) is 111 cm³/mol. The summed E-state index contributed by atoms with van der Waals surface area (Å²) in [6, 6.07) is 8.46. The van der Waals surface area contributed by atoms with E-state index in [0.29, 0.717) is 28.5 Å². The molecule has 0 saturated heterocycles. The molecule has 8 nitrogen and oxygen atoms in total. The second-order valence-electron chi connectivity index (χ2n) is 5.97. The lowest BCUT2D eigenvalue weighted by Crippen LogP contribution is -1.96. The van der Waals surface area contributed by atoms with Crippen LogP contribution >= 0.6 is 11.3 Å². The number of rotatable bonds is 7. The van der Waals surface area contributed by atoms with E-state index < -0.39 is 4.92 Å². The van der Waals surface area contributed by atoms with Gasteiger partial charge in [0.2, 0.25) is 5.75 Å². The lowest BCUT2D eigenvalue weighted by atomic mass is 10.0. The van der Waals surface area contributed by atoms with E-state index in [4.69, 9.17) is 18.9 Å². The van der Waals surface area contributed by atoms with Crippen LogP contribution in [0.2, 0.25) is 0 Å². The zero-order valence-corrected chi connectivity index (χ0v) is 17.5. The Morgan fingerprint density at radius 2 is 1.52 bits per heavy atom. The Balaban J connectivity index is 2.21. The standard InChI is InChI=1S/C20H20N2O6S/c1-11-21-18(13-9-16(26-3)19(28-5)17(10-13)27-4)20(29-11)12-6-7-15(25-2)14(8-12)22(23)24/h6-10H,1-5H3. The highest BCUT2D eigenvalue weighted by atomic mass is 32.1. The molecule has 0 aliphatic heterocycles. The molecule has 0 spiro atoms. The number of ether oxygens (including phenoxy) is 4. The number of methoxy groups -OCH3 is 4.